The average molecular weight is 388 g/mol. The van der Waals surface area contributed by atoms with Crippen LogP contribution in [0.4, 0.5) is 5.82 Å². The number of nitrogen functional groups attached to an aromatic ring is 1. The molecule has 2 aromatic rings. The molecule has 0 aliphatic heterocycles. The standard InChI is InChI=1S/C13H17IN4S/c1-5-7-9(14)10(15)18-11(16-7)8-6-19-12(17-8)13(2,3)4/h6H,5H2,1-4H3,(H2,15,16,18). The van der Waals surface area contributed by atoms with Gasteiger partial charge in [-0.25, -0.2) is 15.0 Å². The summed E-state index contributed by atoms with van der Waals surface area (Å²) in [7, 11) is 0. The van der Waals surface area contributed by atoms with Crippen molar-refractivity contribution >= 4 is 39.7 Å². The Balaban J connectivity index is 2.48. The van der Waals surface area contributed by atoms with Crippen LogP contribution in [0.25, 0.3) is 11.5 Å². The Labute approximate surface area is 131 Å². The first-order chi connectivity index (χ1) is 8.82. The van der Waals surface area contributed by atoms with E-state index in [4.69, 9.17) is 5.73 Å². The fourth-order valence-electron chi connectivity index (χ4n) is 1.58. The summed E-state index contributed by atoms with van der Waals surface area (Å²) < 4.78 is 0.940. The molecule has 0 atom stereocenters. The van der Waals surface area contributed by atoms with Crippen LogP contribution in [0, 0.1) is 3.57 Å². The number of aromatic nitrogens is 3. The monoisotopic (exact) mass is 388 g/mol. The first-order valence-electron chi connectivity index (χ1n) is 6.11. The molecular weight excluding hydrogens is 371 g/mol. The zero-order chi connectivity index (χ0) is 14.2. The Morgan fingerprint density at radius 1 is 1.26 bits per heavy atom. The molecule has 0 aromatic carbocycles. The molecule has 19 heavy (non-hydrogen) atoms. The van der Waals surface area contributed by atoms with Crippen LogP contribution in [0.3, 0.4) is 0 Å². The van der Waals surface area contributed by atoms with Crippen molar-refractivity contribution in [3.63, 3.8) is 0 Å². The average Bonchev–Trinajstić information content (AvgIpc) is 2.81. The summed E-state index contributed by atoms with van der Waals surface area (Å²) >= 11 is 3.83. The van der Waals surface area contributed by atoms with E-state index in [1.165, 1.54) is 0 Å². The summed E-state index contributed by atoms with van der Waals surface area (Å²) in [6.07, 6.45) is 0.842. The van der Waals surface area contributed by atoms with Crippen LogP contribution >= 0.6 is 33.9 Å². The summed E-state index contributed by atoms with van der Waals surface area (Å²) in [6.45, 7) is 8.51. The first kappa shape index (κ1) is 14.6. The normalized spacial score (nSPS) is 11.8. The summed E-state index contributed by atoms with van der Waals surface area (Å²) in [6, 6.07) is 0. The molecule has 0 saturated heterocycles. The molecule has 102 valence electrons. The van der Waals surface area contributed by atoms with Crippen LogP contribution in [0.2, 0.25) is 0 Å². The number of anilines is 1. The van der Waals surface area contributed by atoms with Gasteiger partial charge in [0.05, 0.1) is 14.3 Å². The van der Waals surface area contributed by atoms with E-state index in [1.54, 1.807) is 11.3 Å². The van der Waals surface area contributed by atoms with E-state index in [-0.39, 0.29) is 5.41 Å². The Morgan fingerprint density at radius 3 is 2.47 bits per heavy atom. The van der Waals surface area contributed by atoms with Gasteiger partial charge in [-0.05, 0) is 29.0 Å². The lowest BCUT2D eigenvalue weighted by Gasteiger charge is -2.13. The molecule has 0 bridgehead atoms. The van der Waals surface area contributed by atoms with Crippen molar-refractivity contribution in [1.29, 1.82) is 0 Å². The van der Waals surface area contributed by atoms with E-state index in [0.29, 0.717) is 11.6 Å². The minimum Gasteiger partial charge on any atom is -0.383 e. The Hall–Kier alpha value is -0.760. The van der Waals surface area contributed by atoms with Crippen molar-refractivity contribution in [1.82, 2.24) is 15.0 Å². The quantitative estimate of drug-likeness (QED) is 0.798. The van der Waals surface area contributed by atoms with Gasteiger partial charge >= 0.3 is 0 Å². The second-order valence-electron chi connectivity index (χ2n) is 5.33. The van der Waals surface area contributed by atoms with Gasteiger partial charge in [-0.3, -0.25) is 0 Å². The largest absolute Gasteiger partial charge is 0.383 e. The molecule has 0 radical (unpaired) electrons. The number of rotatable bonds is 2. The molecular formula is C13H17IN4S. The highest BCUT2D eigenvalue weighted by Gasteiger charge is 2.20. The van der Waals surface area contributed by atoms with E-state index in [9.17, 15) is 0 Å². The third-order valence-corrected chi connectivity index (χ3v) is 5.10. The highest BCUT2D eigenvalue weighted by atomic mass is 127. The van der Waals surface area contributed by atoms with E-state index in [2.05, 4.69) is 65.2 Å². The molecule has 2 aromatic heterocycles. The molecule has 6 heteroatoms. The molecule has 0 fully saturated rings. The van der Waals surface area contributed by atoms with Crippen molar-refractivity contribution in [2.75, 3.05) is 5.73 Å². The Morgan fingerprint density at radius 2 is 1.95 bits per heavy atom. The van der Waals surface area contributed by atoms with Crippen molar-refractivity contribution in [3.05, 3.63) is 19.7 Å². The van der Waals surface area contributed by atoms with Gasteiger partial charge < -0.3 is 5.73 Å². The molecule has 0 aliphatic carbocycles. The maximum Gasteiger partial charge on any atom is 0.181 e. The number of halogens is 1. The van der Waals surface area contributed by atoms with Gasteiger partial charge in [-0.1, -0.05) is 27.7 Å². The minimum absolute atomic E-state index is 0.0469. The van der Waals surface area contributed by atoms with E-state index in [0.717, 1.165) is 26.4 Å². The number of nitrogens with zero attached hydrogens (tertiary/aromatic N) is 3. The van der Waals surface area contributed by atoms with Crippen LogP contribution in [0.15, 0.2) is 5.38 Å². The maximum absolute atomic E-state index is 5.94. The lowest BCUT2D eigenvalue weighted by molar-refractivity contribution is 0.586. The van der Waals surface area contributed by atoms with Gasteiger partial charge in [0.15, 0.2) is 5.82 Å². The van der Waals surface area contributed by atoms with Gasteiger partial charge in [0, 0.05) is 10.8 Å². The third kappa shape index (κ3) is 3.05. The van der Waals surface area contributed by atoms with E-state index in [1.807, 2.05) is 5.38 Å². The zero-order valence-corrected chi connectivity index (χ0v) is 14.5. The van der Waals surface area contributed by atoms with Crippen LogP contribution in [0.5, 0.6) is 0 Å². The van der Waals surface area contributed by atoms with E-state index < -0.39 is 0 Å². The number of hydrogen-bond acceptors (Lipinski definition) is 5. The second-order valence-corrected chi connectivity index (χ2v) is 7.27. The van der Waals surface area contributed by atoms with Crippen molar-refractivity contribution < 1.29 is 0 Å². The summed E-state index contributed by atoms with van der Waals surface area (Å²) in [5, 5.41) is 3.09. The minimum atomic E-state index is 0.0469. The third-order valence-electron chi connectivity index (χ3n) is 2.66. The fourth-order valence-corrected chi connectivity index (χ4v) is 3.09. The summed E-state index contributed by atoms with van der Waals surface area (Å²) in [5.74, 6) is 1.16. The van der Waals surface area contributed by atoms with Crippen LogP contribution in [0.1, 0.15) is 38.4 Å². The molecule has 4 nitrogen and oxygen atoms in total. The number of nitrogens with two attached hydrogens (primary N) is 1. The molecule has 2 rings (SSSR count). The lowest BCUT2D eigenvalue weighted by atomic mass is 9.98. The second kappa shape index (κ2) is 5.32. The number of aryl methyl sites for hydroxylation is 1. The van der Waals surface area contributed by atoms with Crippen molar-refractivity contribution in [2.45, 2.75) is 39.5 Å². The van der Waals surface area contributed by atoms with Gasteiger partial charge in [-0.15, -0.1) is 11.3 Å². The van der Waals surface area contributed by atoms with Crippen molar-refractivity contribution in [2.24, 2.45) is 0 Å². The first-order valence-corrected chi connectivity index (χ1v) is 8.07. The van der Waals surface area contributed by atoms with Gasteiger partial charge in [0.2, 0.25) is 0 Å². The molecule has 0 spiro atoms. The van der Waals surface area contributed by atoms with Crippen molar-refractivity contribution in [3.8, 4) is 11.5 Å². The molecule has 0 unspecified atom stereocenters. The van der Waals surface area contributed by atoms with E-state index >= 15 is 0 Å². The topological polar surface area (TPSA) is 64.7 Å². The summed E-state index contributed by atoms with van der Waals surface area (Å²) in [5.41, 5.74) is 7.78. The molecule has 2 heterocycles. The molecule has 0 amide bonds. The molecule has 2 N–H and O–H groups in total. The zero-order valence-electron chi connectivity index (χ0n) is 11.5. The highest BCUT2D eigenvalue weighted by Crippen LogP contribution is 2.29. The summed E-state index contributed by atoms with van der Waals surface area (Å²) in [4.78, 5) is 13.5. The predicted octanol–water partition coefficient (Wildman–Crippen LogP) is 3.65. The van der Waals surface area contributed by atoms with Crippen LogP contribution in [-0.4, -0.2) is 15.0 Å². The fraction of sp³-hybridized carbons (Fsp3) is 0.462. The van der Waals surface area contributed by atoms with Crippen LogP contribution < -0.4 is 5.73 Å². The highest BCUT2D eigenvalue weighted by molar-refractivity contribution is 14.1. The predicted molar refractivity (Wildman–Crippen MR) is 88.3 cm³/mol. The molecule has 0 saturated carbocycles. The SMILES string of the molecule is CCc1nc(-c2csc(C(C)(C)C)n2)nc(N)c1I. The number of hydrogen-bond donors (Lipinski definition) is 1. The van der Waals surface area contributed by atoms with Gasteiger partial charge in [-0.2, -0.15) is 0 Å². The maximum atomic E-state index is 5.94. The van der Waals surface area contributed by atoms with Gasteiger partial charge in [0.1, 0.15) is 11.5 Å². The smallest absolute Gasteiger partial charge is 0.181 e. The Kier molecular flexibility index (Phi) is 4.10. The van der Waals surface area contributed by atoms with Crippen LogP contribution in [-0.2, 0) is 11.8 Å². The number of thiazole rings is 1. The Bertz CT molecular complexity index is 601. The molecule has 0 aliphatic rings. The van der Waals surface area contributed by atoms with Gasteiger partial charge in [0.25, 0.3) is 0 Å². The lowest BCUT2D eigenvalue weighted by Crippen LogP contribution is -2.10.